The van der Waals surface area contributed by atoms with Gasteiger partial charge in [0.2, 0.25) is 0 Å². The lowest BCUT2D eigenvalue weighted by atomic mass is 10.1. The van der Waals surface area contributed by atoms with Crippen molar-refractivity contribution in [1.29, 1.82) is 0 Å². The van der Waals surface area contributed by atoms with E-state index in [0.717, 1.165) is 67.9 Å². The van der Waals surface area contributed by atoms with Crippen LogP contribution in [0.4, 0.5) is 5.13 Å². The summed E-state index contributed by atoms with van der Waals surface area (Å²) < 4.78 is 2.16. The number of imidazole rings is 1. The van der Waals surface area contributed by atoms with Crippen molar-refractivity contribution >= 4 is 28.1 Å². The standard InChI is InChI=1S/C17H24ClN5OS/c18-15-14(25-17(20-15)23-6-1-2-7-23)16-19-5-10-22(16)12-11-21-8-3-13(24)4-9-21/h5,10,13,24H,1-4,6-9,11-12H2. The highest BCUT2D eigenvalue weighted by molar-refractivity contribution is 7.19. The van der Waals surface area contributed by atoms with Crippen LogP contribution in [0.3, 0.4) is 0 Å². The van der Waals surface area contributed by atoms with Crippen molar-refractivity contribution in [3.63, 3.8) is 0 Å². The second-order valence-electron chi connectivity index (χ2n) is 6.83. The molecule has 0 amide bonds. The summed E-state index contributed by atoms with van der Waals surface area (Å²) in [5.74, 6) is 0.907. The van der Waals surface area contributed by atoms with Crippen LogP contribution in [0.2, 0.25) is 5.15 Å². The van der Waals surface area contributed by atoms with Gasteiger partial charge in [-0.15, -0.1) is 0 Å². The summed E-state index contributed by atoms with van der Waals surface area (Å²) >= 11 is 8.08. The van der Waals surface area contributed by atoms with Crippen LogP contribution < -0.4 is 4.90 Å². The number of piperidine rings is 1. The zero-order valence-corrected chi connectivity index (χ0v) is 15.8. The van der Waals surface area contributed by atoms with Gasteiger partial charge in [-0.2, -0.15) is 0 Å². The number of aromatic nitrogens is 3. The number of hydrogen-bond acceptors (Lipinski definition) is 6. The summed E-state index contributed by atoms with van der Waals surface area (Å²) in [5.41, 5.74) is 0. The first-order valence-electron chi connectivity index (χ1n) is 9.04. The van der Waals surface area contributed by atoms with E-state index in [0.29, 0.717) is 5.15 Å². The van der Waals surface area contributed by atoms with Gasteiger partial charge in [0.25, 0.3) is 0 Å². The number of nitrogens with zero attached hydrogens (tertiary/aromatic N) is 5. The fourth-order valence-corrected chi connectivity index (χ4v) is 4.92. The lowest BCUT2D eigenvalue weighted by molar-refractivity contribution is 0.0810. The summed E-state index contributed by atoms with van der Waals surface area (Å²) in [5, 5.41) is 11.2. The number of likely N-dealkylation sites (tertiary alicyclic amines) is 1. The Morgan fingerprint density at radius 3 is 2.68 bits per heavy atom. The number of thiazole rings is 1. The van der Waals surface area contributed by atoms with E-state index in [2.05, 4.69) is 24.3 Å². The third kappa shape index (κ3) is 3.84. The topological polar surface area (TPSA) is 57.4 Å². The largest absolute Gasteiger partial charge is 0.393 e. The van der Waals surface area contributed by atoms with E-state index in [4.69, 9.17) is 11.6 Å². The fourth-order valence-electron chi connectivity index (χ4n) is 3.56. The van der Waals surface area contributed by atoms with Gasteiger partial charge in [0.05, 0.1) is 6.10 Å². The third-order valence-corrected chi connectivity index (χ3v) is 6.58. The first kappa shape index (κ1) is 17.3. The summed E-state index contributed by atoms with van der Waals surface area (Å²) in [7, 11) is 0. The lowest BCUT2D eigenvalue weighted by Gasteiger charge is -2.29. The first-order chi connectivity index (χ1) is 12.2. The quantitative estimate of drug-likeness (QED) is 0.862. The molecule has 4 rings (SSSR count). The monoisotopic (exact) mass is 381 g/mol. The van der Waals surface area contributed by atoms with E-state index in [1.807, 2.05) is 12.4 Å². The zero-order chi connectivity index (χ0) is 17.2. The molecule has 0 aromatic carbocycles. The Morgan fingerprint density at radius 2 is 1.92 bits per heavy atom. The molecular formula is C17H24ClN5OS. The molecule has 2 aromatic rings. The summed E-state index contributed by atoms with van der Waals surface area (Å²) in [4.78, 5) is 14.8. The van der Waals surface area contributed by atoms with Crippen LogP contribution >= 0.6 is 22.9 Å². The molecule has 2 aliphatic rings. The molecule has 1 N–H and O–H groups in total. The molecule has 2 aromatic heterocycles. The van der Waals surface area contributed by atoms with E-state index < -0.39 is 0 Å². The Balaban J connectivity index is 1.46. The molecule has 0 atom stereocenters. The zero-order valence-electron chi connectivity index (χ0n) is 14.3. The maximum atomic E-state index is 9.63. The van der Waals surface area contributed by atoms with Gasteiger partial charge in [-0.3, -0.25) is 0 Å². The molecule has 0 bridgehead atoms. The highest BCUT2D eigenvalue weighted by atomic mass is 35.5. The maximum Gasteiger partial charge on any atom is 0.187 e. The Morgan fingerprint density at radius 1 is 1.16 bits per heavy atom. The summed E-state index contributed by atoms with van der Waals surface area (Å²) in [6, 6.07) is 0. The lowest BCUT2D eigenvalue weighted by Crippen LogP contribution is -2.37. The molecule has 6 nitrogen and oxygen atoms in total. The highest BCUT2D eigenvalue weighted by Gasteiger charge is 2.22. The Labute approximate surface area is 157 Å². The van der Waals surface area contributed by atoms with Crippen molar-refractivity contribution in [2.45, 2.75) is 38.3 Å². The molecule has 0 unspecified atom stereocenters. The van der Waals surface area contributed by atoms with E-state index in [-0.39, 0.29) is 6.10 Å². The smallest absolute Gasteiger partial charge is 0.187 e. The van der Waals surface area contributed by atoms with Crippen LogP contribution in [0.1, 0.15) is 25.7 Å². The van der Waals surface area contributed by atoms with Gasteiger partial charge in [0, 0.05) is 51.7 Å². The van der Waals surface area contributed by atoms with E-state index in [9.17, 15) is 5.11 Å². The molecule has 136 valence electrons. The van der Waals surface area contributed by atoms with Crippen molar-refractivity contribution in [2.75, 3.05) is 37.6 Å². The van der Waals surface area contributed by atoms with Crippen LogP contribution in [0.25, 0.3) is 10.7 Å². The fraction of sp³-hybridized carbons (Fsp3) is 0.647. The SMILES string of the molecule is OC1CCN(CCn2ccnc2-c2sc(N3CCCC3)nc2Cl)CC1. The number of rotatable bonds is 5. The molecule has 0 saturated carbocycles. The van der Waals surface area contributed by atoms with Gasteiger partial charge in [0.1, 0.15) is 4.88 Å². The molecule has 0 radical (unpaired) electrons. The third-order valence-electron chi connectivity index (χ3n) is 5.08. The first-order valence-corrected chi connectivity index (χ1v) is 10.2. The van der Waals surface area contributed by atoms with E-state index in [1.165, 1.54) is 12.8 Å². The minimum atomic E-state index is -0.125. The Bertz CT molecular complexity index is 704. The second-order valence-corrected chi connectivity index (χ2v) is 8.16. The Hall–Kier alpha value is -1.15. The van der Waals surface area contributed by atoms with Gasteiger partial charge >= 0.3 is 0 Å². The highest BCUT2D eigenvalue weighted by Crippen LogP contribution is 2.38. The number of hydrogen-bond donors (Lipinski definition) is 1. The van der Waals surface area contributed by atoms with Gasteiger partial charge in [0.15, 0.2) is 16.1 Å². The van der Waals surface area contributed by atoms with Crippen LogP contribution in [0.5, 0.6) is 0 Å². The molecular weight excluding hydrogens is 358 g/mol. The average molecular weight is 382 g/mol. The average Bonchev–Trinajstić information content (AvgIpc) is 3.34. The summed E-state index contributed by atoms with van der Waals surface area (Å²) in [6.45, 7) is 5.90. The van der Waals surface area contributed by atoms with Crippen molar-refractivity contribution < 1.29 is 5.11 Å². The number of halogens is 1. The molecule has 0 aliphatic carbocycles. The molecule has 2 saturated heterocycles. The molecule has 4 heterocycles. The number of aliphatic hydroxyl groups excluding tert-OH is 1. The number of aliphatic hydroxyl groups is 1. The van der Waals surface area contributed by atoms with Gasteiger partial charge in [-0.05, 0) is 25.7 Å². The normalized spacial score (nSPS) is 19.8. The van der Waals surface area contributed by atoms with Crippen molar-refractivity contribution in [2.24, 2.45) is 0 Å². The van der Waals surface area contributed by atoms with E-state index in [1.54, 1.807) is 11.3 Å². The predicted molar refractivity (Wildman–Crippen MR) is 101 cm³/mol. The van der Waals surface area contributed by atoms with Gasteiger partial charge < -0.3 is 19.5 Å². The minimum Gasteiger partial charge on any atom is -0.393 e. The van der Waals surface area contributed by atoms with Crippen LogP contribution in [0, 0.1) is 0 Å². The summed E-state index contributed by atoms with van der Waals surface area (Å²) in [6.07, 6.45) is 7.92. The van der Waals surface area contributed by atoms with Gasteiger partial charge in [-0.25, -0.2) is 9.97 Å². The van der Waals surface area contributed by atoms with Crippen LogP contribution in [0.15, 0.2) is 12.4 Å². The van der Waals surface area contributed by atoms with E-state index >= 15 is 0 Å². The predicted octanol–water partition coefficient (Wildman–Crippen LogP) is 2.72. The molecule has 8 heteroatoms. The molecule has 0 spiro atoms. The minimum absolute atomic E-state index is 0.125. The van der Waals surface area contributed by atoms with Gasteiger partial charge in [-0.1, -0.05) is 22.9 Å². The van der Waals surface area contributed by atoms with Crippen LogP contribution in [-0.4, -0.2) is 63.4 Å². The second kappa shape index (κ2) is 7.61. The van der Waals surface area contributed by atoms with Crippen molar-refractivity contribution in [1.82, 2.24) is 19.4 Å². The van der Waals surface area contributed by atoms with Crippen LogP contribution in [-0.2, 0) is 6.54 Å². The molecule has 2 aliphatic heterocycles. The Kier molecular flexibility index (Phi) is 5.26. The van der Waals surface area contributed by atoms with Crippen molar-refractivity contribution in [3.8, 4) is 10.7 Å². The molecule has 25 heavy (non-hydrogen) atoms. The number of anilines is 1. The molecule has 2 fully saturated rings. The maximum absolute atomic E-state index is 9.63. The van der Waals surface area contributed by atoms with Crippen molar-refractivity contribution in [3.05, 3.63) is 17.5 Å².